The summed E-state index contributed by atoms with van der Waals surface area (Å²) in [6, 6.07) is 1.00. The van der Waals surface area contributed by atoms with Crippen LogP contribution in [0, 0.1) is 32.0 Å². The molecule has 0 radical (unpaired) electrons. The normalized spacial score (nSPS) is 10.4. The summed E-state index contributed by atoms with van der Waals surface area (Å²) in [4.78, 5) is 30.9. The molecule has 18 heavy (non-hydrogen) atoms. The summed E-state index contributed by atoms with van der Waals surface area (Å²) in [6.07, 6.45) is 0. The van der Waals surface area contributed by atoms with Crippen molar-refractivity contribution in [3.8, 4) is 0 Å². The van der Waals surface area contributed by atoms with Crippen molar-refractivity contribution in [2.45, 2.75) is 13.8 Å². The SMILES string of the molecule is CC(C)C(=O)c1cc(F)c([N+](=O)[O-])cc1[N+](=O)[O-]. The lowest BCUT2D eigenvalue weighted by Gasteiger charge is -2.05. The second-order valence-corrected chi connectivity index (χ2v) is 3.85. The third-order valence-electron chi connectivity index (χ3n) is 2.25. The highest BCUT2D eigenvalue weighted by Crippen LogP contribution is 2.29. The van der Waals surface area contributed by atoms with Crippen LogP contribution in [0.25, 0.3) is 0 Å². The number of carbonyl (C=O) groups is 1. The average Bonchev–Trinajstić information content (AvgIpc) is 2.26. The van der Waals surface area contributed by atoms with Gasteiger partial charge in [-0.25, -0.2) is 0 Å². The lowest BCUT2D eigenvalue weighted by Crippen LogP contribution is -2.11. The van der Waals surface area contributed by atoms with Crippen molar-refractivity contribution in [1.82, 2.24) is 0 Å². The molecule has 96 valence electrons. The van der Waals surface area contributed by atoms with Crippen LogP contribution in [0.3, 0.4) is 0 Å². The van der Waals surface area contributed by atoms with E-state index in [0.717, 1.165) is 0 Å². The molecule has 1 aromatic rings. The molecule has 0 amide bonds. The summed E-state index contributed by atoms with van der Waals surface area (Å²) in [5, 5.41) is 21.2. The minimum absolute atomic E-state index is 0.460. The maximum absolute atomic E-state index is 13.4. The fraction of sp³-hybridized carbons (Fsp3) is 0.300. The molecule has 0 aromatic heterocycles. The summed E-state index contributed by atoms with van der Waals surface area (Å²) in [6.45, 7) is 2.98. The summed E-state index contributed by atoms with van der Waals surface area (Å²) in [5.41, 5.74) is -2.25. The van der Waals surface area contributed by atoms with Crippen LogP contribution in [0.5, 0.6) is 0 Å². The van der Waals surface area contributed by atoms with E-state index in [1.807, 2.05) is 0 Å². The van der Waals surface area contributed by atoms with Crippen LogP contribution in [-0.2, 0) is 0 Å². The van der Waals surface area contributed by atoms with E-state index in [1.54, 1.807) is 0 Å². The Morgan fingerprint density at radius 1 is 1.17 bits per heavy atom. The average molecular weight is 256 g/mol. The molecule has 8 heteroatoms. The molecule has 0 saturated carbocycles. The van der Waals surface area contributed by atoms with Crippen molar-refractivity contribution < 1.29 is 19.0 Å². The van der Waals surface area contributed by atoms with Gasteiger partial charge in [-0.05, 0) is 6.07 Å². The smallest absolute Gasteiger partial charge is 0.294 e. The van der Waals surface area contributed by atoms with Crippen LogP contribution in [0.15, 0.2) is 12.1 Å². The number of hydrogen-bond acceptors (Lipinski definition) is 5. The van der Waals surface area contributed by atoms with Crippen LogP contribution in [0.4, 0.5) is 15.8 Å². The van der Waals surface area contributed by atoms with Gasteiger partial charge in [-0.3, -0.25) is 25.0 Å². The number of nitro benzene ring substituents is 2. The largest absolute Gasteiger partial charge is 0.311 e. The van der Waals surface area contributed by atoms with E-state index in [2.05, 4.69) is 0 Å². The zero-order valence-electron chi connectivity index (χ0n) is 9.55. The predicted molar refractivity (Wildman–Crippen MR) is 58.9 cm³/mol. The number of carbonyl (C=O) groups excluding carboxylic acids is 1. The molecular formula is C10H9FN2O5. The second kappa shape index (κ2) is 4.86. The van der Waals surface area contributed by atoms with E-state index in [-0.39, 0.29) is 0 Å². The van der Waals surface area contributed by atoms with Crippen LogP contribution in [0.2, 0.25) is 0 Å². The number of nitro groups is 2. The van der Waals surface area contributed by atoms with E-state index in [0.29, 0.717) is 12.1 Å². The monoisotopic (exact) mass is 256 g/mol. The second-order valence-electron chi connectivity index (χ2n) is 3.85. The molecule has 1 rings (SSSR count). The number of benzene rings is 1. The zero-order valence-corrected chi connectivity index (χ0v) is 9.55. The Labute approximate surface area is 101 Å². The van der Waals surface area contributed by atoms with Gasteiger partial charge in [0.2, 0.25) is 5.82 Å². The Morgan fingerprint density at radius 3 is 2.06 bits per heavy atom. The van der Waals surface area contributed by atoms with Crippen molar-refractivity contribution in [1.29, 1.82) is 0 Å². The Balaban J connectivity index is 3.53. The van der Waals surface area contributed by atoms with Gasteiger partial charge >= 0.3 is 5.69 Å². The summed E-state index contributed by atoms with van der Waals surface area (Å²) in [5.74, 6) is -2.49. The van der Waals surface area contributed by atoms with Gasteiger partial charge in [-0.15, -0.1) is 0 Å². The van der Waals surface area contributed by atoms with Gasteiger partial charge in [-0.2, -0.15) is 4.39 Å². The lowest BCUT2D eigenvalue weighted by molar-refractivity contribution is -0.396. The van der Waals surface area contributed by atoms with Crippen LogP contribution in [0.1, 0.15) is 24.2 Å². The van der Waals surface area contributed by atoms with Gasteiger partial charge in [0.05, 0.1) is 21.5 Å². The van der Waals surface area contributed by atoms with Crippen molar-refractivity contribution in [3.63, 3.8) is 0 Å². The summed E-state index contributed by atoms with van der Waals surface area (Å²) < 4.78 is 13.4. The highest BCUT2D eigenvalue weighted by atomic mass is 19.1. The Bertz CT molecular complexity index is 541. The number of ketones is 1. The first kappa shape index (κ1) is 13.7. The molecule has 0 N–H and O–H groups in total. The highest BCUT2D eigenvalue weighted by molar-refractivity contribution is 6.01. The highest BCUT2D eigenvalue weighted by Gasteiger charge is 2.29. The molecule has 0 aliphatic rings. The third-order valence-corrected chi connectivity index (χ3v) is 2.25. The quantitative estimate of drug-likeness (QED) is 0.467. The van der Waals surface area contributed by atoms with Crippen LogP contribution < -0.4 is 0 Å². The van der Waals surface area contributed by atoms with E-state index < -0.39 is 44.3 Å². The van der Waals surface area contributed by atoms with Gasteiger partial charge in [0.25, 0.3) is 5.69 Å². The minimum atomic E-state index is -1.27. The molecule has 0 saturated heterocycles. The molecule has 0 unspecified atom stereocenters. The molecule has 0 aliphatic carbocycles. The lowest BCUT2D eigenvalue weighted by atomic mass is 9.99. The van der Waals surface area contributed by atoms with Crippen molar-refractivity contribution >= 4 is 17.2 Å². The van der Waals surface area contributed by atoms with E-state index in [1.165, 1.54) is 13.8 Å². The van der Waals surface area contributed by atoms with Gasteiger partial charge in [0, 0.05) is 5.92 Å². The molecule has 0 atom stereocenters. The van der Waals surface area contributed by atoms with Crippen LogP contribution in [-0.4, -0.2) is 15.6 Å². The van der Waals surface area contributed by atoms with Crippen LogP contribution >= 0.6 is 0 Å². The molecule has 0 aliphatic heterocycles. The van der Waals surface area contributed by atoms with E-state index in [9.17, 15) is 29.4 Å². The Hall–Kier alpha value is -2.38. The molecule has 7 nitrogen and oxygen atoms in total. The number of rotatable bonds is 4. The van der Waals surface area contributed by atoms with E-state index >= 15 is 0 Å². The number of hydrogen-bond donors (Lipinski definition) is 0. The van der Waals surface area contributed by atoms with Crippen molar-refractivity contribution in [2.24, 2.45) is 5.92 Å². The Morgan fingerprint density at radius 2 is 1.67 bits per heavy atom. The topological polar surface area (TPSA) is 103 Å². The first-order valence-electron chi connectivity index (χ1n) is 4.92. The molecule has 0 heterocycles. The molecule has 0 bridgehead atoms. The number of halogens is 1. The minimum Gasteiger partial charge on any atom is -0.294 e. The van der Waals surface area contributed by atoms with Crippen molar-refractivity contribution in [2.75, 3.05) is 0 Å². The molecule has 0 spiro atoms. The fourth-order valence-electron chi connectivity index (χ4n) is 1.35. The van der Waals surface area contributed by atoms with Crippen molar-refractivity contribution in [3.05, 3.63) is 43.7 Å². The molecular weight excluding hydrogens is 247 g/mol. The molecule has 1 aromatic carbocycles. The fourth-order valence-corrected chi connectivity index (χ4v) is 1.35. The van der Waals surface area contributed by atoms with Gasteiger partial charge in [-0.1, -0.05) is 13.8 Å². The zero-order chi connectivity index (χ0) is 14.0. The first-order valence-corrected chi connectivity index (χ1v) is 4.92. The van der Waals surface area contributed by atoms with Gasteiger partial charge in [0.1, 0.15) is 0 Å². The standard InChI is InChI=1S/C10H9FN2O5/c1-5(2)10(14)6-3-7(11)9(13(17)18)4-8(6)12(15)16/h3-5H,1-2H3. The number of Topliss-reactive ketones (excluding diaryl/α,β-unsaturated/α-hetero) is 1. The maximum Gasteiger partial charge on any atom is 0.311 e. The maximum atomic E-state index is 13.4. The number of nitrogens with zero attached hydrogens (tertiary/aromatic N) is 2. The van der Waals surface area contributed by atoms with E-state index in [4.69, 9.17) is 0 Å². The Kier molecular flexibility index (Phi) is 3.70. The third kappa shape index (κ3) is 2.47. The first-order chi connectivity index (χ1) is 8.25. The molecule has 0 fully saturated rings. The summed E-state index contributed by atoms with van der Waals surface area (Å²) in [7, 11) is 0. The van der Waals surface area contributed by atoms with Gasteiger partial charge < -0.3 is 0 Å². The predicted octanol–water partition coefficient (Wildman–Crippen LogP) is 2.48. The van der Waals surface area contributed by atoms with Gasteiger partial charge in [0.15, 0.2) is 5.78 Å². The summed E-state index contributed by atoms with van der Waals surface area (Å²) >= 11 is 0.